The minimum Gasteiger partial charge on any atom is -0.376 e. The van der Waals surface area contributed by atoms with Crippen molar-refractivity contribution in [3.8, 4) is 0 Å². The van der Waals surface area contributed by atoms with Crippen molar-refractivity contribution >= 4 is 35.1 Å². The SMILES string of the molecule is Cc1ccc(NCC(=O)NN=Cc2ccc(Cl)c([N+](=O)[O-])c2)cc1. The highest BCUT2D eigenvalue weighted by atomic mass is 35.5. The molecule has 2 aromatic carbocycles. The molecule has 0 fully saturated rings. The standard InChI is InChI=1S/C16H15ClN4O3/c1-11-2-5-13(6-3-11)18-10-16(22)20-19-9-12-4-7-14(17)15(8-12)21(23)24/h2-9,18H,10H2,1H3,(H,20,22). The summed E-state index contributed by atoms with van der Waals surface area (Å²) < 4.78 is 0. The molecule has 2 aromatic rings. The molecule has 124 valence electrons. The fourth-order valence-electron chi connectivity index (χ4n) is 1.82. The molecule has 1 amide bonds. The van der Waals surface area contributed by atoms with E-state index in [-0.39, 0.29) is 23.2 Å². The maximum Gasteiger partial charge on any atom is 0.288 e. The smallest absolute Gasteiger partial charge is 0.288 e. The minimum absolute atomic E-state index is 0.0449. The van der Waals surface area contributed by atoms with Gasteiger partial charge >= 0.3 is 0 Å². The predicted octanol–water partition coefficient (Wildman–Crippen LogP) is 3.12. The average Bonchev–Trinajstić information content (AvgIpc) is 2.55. The number of amides is 1. The van der Waals surface area contributed by atoms with Gasteiger partial charge in [-0.25, -0.2) is 5.43 Å². The molecule has 0 saturated carbocycles. The first-order valence-electron chi connectivity index (χ1n) is 7.02. The van der Waals surface area contributed by atoms with Crippen LogP contribution >= 0.6 is 11.6 Å². The zero-order chi connectivity index (χ0) is 17.5. The molecule has 0 saturated heterocycles. The number of carbonyl (C=O) groups is 1. The fourth-order valence-corrected chi connectivity index (χ4v) is 2.01. The van der Waals surface area contributed by atoms with Gasteiger partial charge in [-0.2, -0.15) is 5.10 Å². The molecule has 0 radical (unpaired) electrons. The molecule has 0 aromatic heterocycles. The van der Waals surface area contributed by atoms with E-state index in [1.807, 2.05) is 31.2 Å². The number of nitrogens with one attached hydrogen (secondary N) is 2. The van der Waals surface area contributed by atoms with Crippen LogP contribution in [-0.2, 0) is 4.79 Å². The molecule has 24 heavy (non-hydrogen) atoms. The van der Waals surface area contributed by atoms with E-state index in [1.165, 1.54) is 18.3 Å². The molecule has 0 unspecified atom stereocenters. The Kier molecular flexibility index (Phi) is 5.86. The second-order valence-corrected chi connectivity index (χ2v) is 5.39. The number of rotatable bonds is 6. The summed E-state index contributed by atoms with van der Waals surface area (Å²) in [5.41, 5.74) is 4.54. The van der Waals surface area contributed by atoms with E-state index in [0.29, 0.717) is 5.56 Å². The van der Waals surface area contributed by atoms with E-state index in [2.05, 4.69) is 15.8 Å². The molecule has 2 N–H and O–H groups in total. The Labute approximate surface area is 143 Å². The van der Waals surface area contributed by atoms with Crippen LogP contribution in [-0.4, -0.2) is 23.6 Å². The molecule has 2 rings (SSSR count). The summed E-state index contributed by atoms with van der Waals surface area (Å²) >= 11 is 5.72. The van der Waals surface area contributed by atoms with Crippen LogP contribution in [0.25, 0.3) is 0 Å². The highest BCUT2D eigenvalue weighted by Crippen LogP contribution is 2.24. The Morgan fingerprint density at radius 1 is 1.29 bits per heavy atom. The molecule has 0 aliphatic carbocycles. The largest absolute Gasteiger partial charge is 0.376 e. The first-order valence-corrected chi connectivity index (χ1v) is 7.40. The number of nitrogens with zero attached hydrogens (tertiary/aromatic N) is 2. The fraction of sp³-hybridized carbons (Fsp3) is 0.125. The van der Waals surface area contributed by atoms with Crippen LogP contribution in [0.5, 0.6) is 0 Å². The Morgan fingerprint density at radius 3 is 2.67 bits per heavy atom. The Balaban J connectivity index is 1.87. The van der Waals surface area contributed by atoms with Gasteiger partial charge in [0.25, 0.3) is 11.6 Å². The zero-order valence-electron chi connectivity index (χ0n) is 12.8. The van der Waals surface area contributed by atoms with Gasteiger partial charge in [-0.15, -0.1) is 0 Å². The van der Waals surface area contributed by atoms with Crippen LogP contribution in [0.1, 0.15) is 11.1 Å². The van der Waals surface area contributed by atoms with Gasteiger partial charge in [-0.05, 0) is 25.1 Å². The molecule has 8 heteroatoms. The van der Waals surface area contributed by atoms with Gasteiger partial charge in [-0.3, -0.25) is 14.9 Å². The lowest BCUT2D eigenvalue weighted by atomic mass is 10.2. The highest BCUT2D eigenvalue weighted by Gasteiger charge is 2.11. The van der Waals surface area contributed by atoms with Crippen molar-refractivity contribution in [3.63, 3.8) is 0 Å². The first kappa shape index (κ1) is 17.4. The number of nitro benzene ring substituents is 1. The van der Waals surface area contributed by atoms with E-state index in [9.17, 15) is 14.9 Å². The minimum atomic E-state index is -0.580. The number of hydrogen-bond donors (Lipinski definition) is 2. The van der Waals surface area contributed by atoms with Crippen molar-refractivity contribution < 1.29 is 9.72 Å². The van der Waals surface area contributed by atoms with Gasteiger partial charge in [0.05, 0.1) is 17.7 Å². The second-order valence-electron chi connectivity index (χ2n) is 4.98. The lowest BCUT2D eigenvalue weighted by Crippen LogP contribution is -2.25. The monoisotopic (exact) mass is 346 g/mol. The number of halogens is 1. The van der Waals surface area contributed by atoms with E-state index >= 15 is 0 Å². The predicted molar refractivity (Wildman–Crippen MR) is 93.5 cm³/mol. The molecule has 0 heterocycles. The van der Waals surface area contributed by atoms with Crippen LogP contribution in [0, 0.1) is 17.0 Å². The first-order chi connectivity index (χ1) is 11.5. The molecule has 7 nitrogen and oxygen atoms in total. The molecule has 0 aliphatic rings. The Morgan fingerprint density at radius 2 is 2.00 bits per heavy atom. The topological polar surface area (TPSA) is 96.6 Å². The highest BCUT2D eigenvalue weighted by molar-refractivity contribution is 6.32. The van der Waals surface area contributed by atoms with E-state index in [4.69, 9.17) is 11.6 Å². The average molecular weight is 347 g/mol. The van der Waals surface area contributed by atoms with Gasteiger partial charge < -0.3 is 5.32 Å². The van der Waals surface area contributed by atoms with Gasteiger partial charge in [-0.1, -0.05) is 35.4 Å². The molecule has 0 aliphatic heterocycles. The number of aryl methyl sites for hydroxylation is 1. The number of nitro groups is 1. The second kappa shape index (κ2) is 8.07. The lowest BCUT2D eigenvalue weighted by molar-refractivity contribution is -0.384. The van der Waals surface area contributed by atoms with Crippen LogP contribution < -0.4 is 10.7 Å². The van der Waals surface area contributed by atoms with Crippen LogP contribution in [0.15, 0.2) is 47.6 Å². The van der Waals surface area contributed by atoms with Crippen LogP contribution in [0.4, 0.5) is 11.4 Å². The van der Waals surface area contributed by atoms with E-state index in [0.717, 1.165) is 11.3 Å². The van der Waals surface area contributed by atoms with Crippen molar-refractivity contribution in [2.75, 3.05) is 11.9 Å². The maximum absolute atomic E-state index is 11.7. The zero-order valence-corrected chi connectivity index (χ0v) is 13.6. The number of benzene rings is 2. The van der Waals surface area contributed by atoms with Gasteiger partial charge in [0.2, 0.25) is 0 Å². The number of carbonyl (C=O) groups excluding carboxylic acids is 1. The van der Waals surface area contributed by atoms with Crippen molar-refractivity contribution in [2.24, 2.45) is 5.10 Å². The molecule has 0 bridgehead atoms. The summed E-state index contributed by atoms with van der Waals surface area (Å²) in [7, 11) is 0. The summed E-state index contributed by atoms with van der Waals surface area (Å²) in [5, 5.41) is 17.6. The van der Waals surface area contributed by atoms with Crippen molar-refractivity contribution in [1.82, 2.24) is 5.43 Å². The Bertz CT molecular complexity index is 775. The quantitative estimate of drug-likeness (QED) is 0.477. The number of anilines is 1. The normalized spacial score (nSPS) is 10.6. The molecular formula is C16H15ClN4O3. The van der Waals surface area contributed by atoms with E-state index < -0.39 is 4.92 Å². The summed E-state index contributed by atoms with van der Waals surface area (Å²) in [6.07, 6.45) is 1.31. The third-order valence-corrected chi connectivity index (χ3v) is 3.39. The van der Waals surface area contributed by atoms with Crippen molar-refractivity contribution in [3.05, 3.63) is 68.7 Å². The van der Waals surface area contributed by atoms with Gasteiger partial charge in [0, 0.05) is 17.3 Å². The lowest BCUT2D eigenvalue weighted by Gasteiger charge is -2.05. The number of hydrogen-bond acceptors (Lipinski definition) is 5. The van der Waals surface area contributed by atoms with Crippen LogP contribution in [0.2, 0.25) is 5.02 Å². The van der Waals surface area contributed by atoms with E-state index in [1.54, 1.807) is 6.07 Å². The van der Waals surface area contributed by atoms with Crippen molar-refractivity contribution in [1.29, 1.82) is 0 Å². The molecular weight excluding hydrogens is 332 g/mol. The summed E-state index contributed by atoms with van der Waals surface area (Å²) in [5.74, 6) is -0.338. The third kappa shape index (κ3) is 5.06. The summed E-state index contributed by atoms with van der Waals surface area (Å²) in [6, 6.07) is 11.9. The molecule has 0 spiro atoms. The van der Waals surface area contributed by atoms with Gasteiger partial charge in [0.15, 0.2) is 0 Å². The molecule has 0 atom stereocenters. The van der Waals surface area contributed by atoms with Gasteiger partial charge in [0.1, 0.15) is 5.02 Å². The van der Waals surface area contributed by atoms with Crippen LogP contribution in [0.3, 0.4) is 0 Å². The summed E-state index contributed by atoms with van der Waals surface area (Å²) in [6.45, 7) is 2.04. The third-order valence-electron chi connectivity index (χ3n) is 3.07. The number of hydrazone groups is 1. The maximum atomic E-state index is 11.7. The van der Waals surface area contributed by atoms with Crippen molar-refractivity contribution in [2.45, 2.75) is 6.92 Å². The summed E-state index contributed by atoms with van der Waals surface area (Å²) in [4.78, 5) is 21.9. The Hall–Kier alpha value is -2.93.